The Morgan fingerprint density at radius 1 is 1.20 bits per heavy atom. The Morgan fingerprint density at radius 2 is 1.92 bits per heavy atom. The van der Waals surface area contributed by atoms with Crippen LogP contribution in [0.5, 0.6) is 5.75 Å². The number of amides is 1. The molecule has 3 aromatic rings. The number of carbonyl (C=O) groups excluding carboxylic acids is 1. The summed E-state index contributed by atoms with van der Waals surface area (Å²) in [7, 11) is 1.58. The molecule has 0 unspecified atom stereocenters. The predicted octanol–water partition coefficient (Wildman–Crippen LogP) is 4.12. The average Bonchev–Trinajstić information content (AvgIpc) is 2.99. The quantitative estimate of drug-likeness (QED) is 0.779. The van der Waals surface area contributed by atoms with Gasteiger partial charge in [-0.2, -0.15) is 5.26 Å². The number of hydrogen-bond acceptors (Lipinski definition) is 4. The maximum Gasteiger partial charge on any atom is 0.255 e. The number of ether oxygens (including phenoxy) is 1. The van der Waals surface area contributed by atoms with Gasteiger partial charge in [-0.1, -0.05) is 0 Å². The SMILES string of the molecule is CNC(=O)c1c(-c2ccc(C#N)cc2)oc2ccc(OC(C)C)cc12. The fraction of sp³-hybridized carbons (Fsp3) is 0.200. The maximum absolute atomic E-state index is 12.5. The summed E-state index contributed by atoms with van der Waals surface area (Å²) < 4.78 is 11.7. The fourth-order valence-corrected chi connectivity index (χ4v) is 2.67. The zero-order chi connectivity index (χ0) is 18.0. The molecule has 3 rings (SSSR count). The molecular weight excluding hydrogens is 316 g/mol. The van der Waals surface area contributed by atoms with Crippen molar-refractivity contribution in [2.45, 2.75) is 20.0 Å². The Bertz CT molecular complexity index is 963. The molecule has 1 heterocycles. The summed E-state index contributed by atoms with van der Waals surface area (Å²) in [6, 6.07) is 14.5. The normalized spacial score (nSPS) is 10.7. The number of nitriles is 1. The van der Waals surface area contributed by atoms with E-state index in [-0.39, 0.29) is 12.0 Å². The zero-order valence-corrected chi connectivity index (χ0v) is 14.3. The van der Waals surface area contributed by atoms with E-state index in [1.165, 1.54) is 0 Å². The summed E-state index contributed by atoms with van der Waals surface area (Å²) in [6.45, 7) is 3.89. The number of carbonyl (C=O) groups is 1. The number of nitrogens with zero attached hydrogens (tertiary/aromatic N) is 1. The van der Waals surface area contributed by atoms with E-state index >= 15 is 0 Å². The molecule has 5 nitrogen and oxygen atoms in total. The molecule has 0 saturated heterocycles. The Balaban J connectivity index is 2.20. The Kier molecular flexibility index (Phi) is 4.44. The molecule has 0 saturated carbocycles. The lowest BCUT2D eigenvalue weighted by atomic mass is 10.0. The van der Waals surface area contributed by atoms with Crippen molar-refractivity contribution in [1.29, 1.82) is 5.26 Å². The van der Waals surface area contributed by atoms with Crippen LogP contribution in [0.2, 0.25) is 0 Å². The summed E-state index contributed by atoms with van der Waals surface area (Å²) in [5, 5.41) is 12.3. The number of benzene rings is 2. The van der Waals surface area contributed by atoms with Gasteiger partial charge in [0.25, 0.3) is 5.91 Å². The Morgan fingerprint density at radius 3 is 2.52 bits per heavy atom. The van der Waals surface area contributed by atoms with Crippen LogP contribution in [-0.2, 0) is 0 Å². The van der Waals surface area contributed by atoms with Gasteiger partial charge in [0, 0.05) is 18.0 Å². The fourth-order valence-electron chi connectivity index (χ4n) is 2.67. The third-order valence-corrected chi connectivity index (χ3v) is 3.76. The highest BCUT2D eigenvalue weighted by atomic mass is 16.5. The monoisotopic (exact) mass is 334 g/mol. The molecular formula is C20H18N2O3. The number of furan rings is 1. The molecule has 1 amide bonds. The third-order valence-electron chi connectivity index (χ3n) is 3.76. The van der Waals surface area contributed by atoms with Gasteiger partial charge in [0.15, 0.2) is 0 Å². The van der Waals surface area contributed by atoms with E-state index in [4.69, 9.17) is 14.4 Å². The lowest BCUT2D eigenvalue weighted by molar-refractivity contribution is 0.0964. The molecule has 0 fully saturated rings. The van der Waals surface area contributed by atoms with Gasteiger partial charge in [0.05, 0.1) is 23.3 Å². The van der Waals surface area contributed by atoms with E-state index in [0.29, 0.717) is 33.6 Å². The van der Waals surface area contributed by atoms with Gasteiger partial charge in [0.2, 0.25) is 0 Å². The third kappa shape index (κ3) is 3.20. The molecule has 0 atom stereocenters. The summed E-state index contributed by atoms with van der Waals surface area (Å²) in [5.74, 6) is 0.917. The van der Waals surface area contributed by atoms with Crippen LogP contribution in [-0.4, -0.2) is 19.1 Å². The van der Waals surface area contributed by atoms with Gasteiger partial charge in [-0.05, 0) is 56.3 Å². The van der Waals surface area contributed by atoms with Crippen molar-refractivity contribution < 1.29 is 13.9 Å². The molecule has 0 aliphatic carbocycles. The largest absolute Gasteiger partial charge is 0.491 e. The van der Waals surface area contributed by atoms with Gasteiger partial charge in [0.1, 0.15) is 17.1 Å². The van der Waals surface area contributed by atoms with Gasteiger partial charge < -0.3 is 14.5 Å². The van der Waals surface area contributed by atoms with Crippen LogP contribution in [0.25, 0.3) is 22.3 Å². The standard InChI is InChI=1S/C20H18N2O3/c1-12(2)24-15-8-9-17-16(10-15)18(20(23)22-3)19(25-17)14-6-4-13(11-21)5-7-14/h4-10,12H,1-3H3,(H,22,23). The summed E-state index contributed by atoms with van der Waals surface area (Å²) in [4.78, 5) is 12.5. The predicted molar refractivity (Wildman–Crippen MR) is 95.5 cm³/mol. The molecule has 0 spiro atoms. The molecule has 0 bridgehead atoms. The van der Waals surface area contributed by atoms with Crippen LogP contribution in [0.1, 0.15) is 29.8 Å². The Labute approximate surface area is 145 Å². The van der Waals surface area contributed by atoms with E-state index in [1.54, 1.807) is 37.4 Å². The smallest absolute Gasteiger partial charge is 0.255 e. The summed E-state index contributed by atoms with van der Waals surface area (Å²) >= 11 is 0. The van der Waals surface area contributed by atoms with E-state index in [0.717, 1.165) is 5.56 Å². The van der Waals surface area contributed by atoms with E-state index in [1.807, 2.05) is 26.0 Å². The van der Waals surface area contributed by atoms with Crippen molar-refractivity contribution in [3.05, 3.63) is 53.6 Å². The Hall–Kier alpha value is -3.26. The minimum Gasteiger partial charge on any atom is -0.491 e. The van der Waals surface area contributed by atoms with E-state index < -0.39 is 0 Å². The summed E-state index contributed by atoms with van der Waals surface area (Å²) in [6.07, 6.45) is 0.0331. The maximum atomic E-state index is 12.5. The van der Waals surface area contributed by atoms with Crippen LogP contribution in [0.3, 0.4) is 0 Å². The average molecular weight is 334 g/mol. The second kappa shape index (κ2) is 6.70. The summed E-state index contributed by atoms with van der Waals surface area (Å²) in [5.41, 5.74) is 2.35. The van der Waals surface area contributed by atoms with Crippen LogP contribution in [0.4, 0.5) is 0 Å². The van der Waals surface area contributed by atoms with Gasteiger partial charge >= 0.3 is 0 Å². The molecule has 1 aromatic heterocycles. The highest BCUT2D eigenvalue weighted by molar-refractivity contribution is 6.11. The van der Waals surface area contributed by atoms with Crippen LogP contribution in [0, 0.1) is 11.3 Å². The second-order valence-electron chi connectivity index (χ2n) is 5.90. The van der Waals surface area contributed by atoms with E-state index in [9.17, 15) is 4.79 Å². The van der Waals surface area contributed by atoms with Crippen LogP contribution >= 0.6 is 0 Å². The molecule has 25 heavy (non-hydrogen) atoms. The first-order chi connectivity index (χ1) is 12.0. The van der Waals surface area contributed by atoms with Crippen molar-refractivity contribution in [2.75, 3.05) is 7.05 Å². The zero-order valence-electron chi connectivity index (χ0n) is 14.3. The van der Waals surface area contributed by atoms with Crippen molar-refractivity contribution in [1.82, 2.24) is 5.32 Å². The van der Waals surface area contributed by atoms with Crippen LogP contribution in [0.15, 0.2) is 46.9 Å². The molecule has 126 valence electrons. The highest BCUT2D eigenvalue weighted by Gasteiger charge is 2.22. The minimum atomic E-state index is -0.236. The first kappa shape index (κ1) is 16.6. The van der Waals surface area contributed by atoms with E-state index in [2.05, 4.69) is 11.4 Å². The number of hydrogen-bond donors (Lipinski definition) is 1. The van der Waals surface area contributed by atoms with Crippen molar-refractivity contribution in [3.8, 4) is 23.1 Å². The highest BCUT2D eigenvalue weighted by Crippen LogP contribution is 2.35. The number of nitrogens with one attached hydrogen (secondary N) is 1. The first-order valence-corrected chi connectivity index (χ1v) is 7.99. The van der Waals surface area contributed by atoms with Crippen molar-refractivity contribution in [2.24, 2.45) is 0 Å². The minimum absolute atomic E-state index is 0.0331. The van der Waals surface area contributed by atoms with Crippen molar-refractivity contribution >= 4 is 16.9 Å². The lowest BCUT2D eigenvalue weighted by Gasteiger charge is -2.09. The molecule has 0 aliphatic rings. The molecule has 5 heteroatoms. The number of rotatable bonds is 4. The van der Waals surface area contributed by atoms with Crippen molar-refractivity contribution in [3.63, 3.8) is 0 Å². The lowest BCUT2D eigenvalue weighted by Crippen LogP contribution is -2.18. The van der Waals surface area contributed by atoms with Gasteiger partial charge in [-0.15, -0.1) is 0 Å². The molecule has 0 radical (unpaired) electrons. The first-order valence-electron chi connectivity index (χ1n) is 7.99. The molecule has 2 aromatic carbocycles. The second-order valence-corrected chi connectivity index (χ2v) is 5.90. The number of fused-ring (bicyclic) bond motifs is 1. The molecule has 1 N–H and O–H groups in total. The van der Waals surface area contributed by atoms with Gasteiger partial charge in [-0.3, -0.25) is 4.79 Å². The topological polar surface area (TPSA) is 75.3 Å². The van der Waals surface area contributed by atoms with Crippen LogP contribution < -0.4 is 10.1 Å². The molecule has 0 aliphatic heterocycles. The van der Waals surface area contributed by atoms with Gasteiger partial charge in [-0.25, -0.2) is 0 Å².